The number of hydrogen-bond donors (Lipinski definition) is 0. The van der Waals surface area contributed by atoms with Crippen LogP contribution in [0.2, 0.25) is 0 Å². The van der Waals surface area contributed by atoms with Gasteiger partial charge < -0.3 is 39.2 Å². The lowest BCUT2D eigenvalue weighted by molar-refractivity contribution is 0.229. The highest BCUT2D eigenvalue weighted by atomic mass is 15.2. The fourth-order valence-electron chi connectivity index (χ4n) is 22.1. The lowest BCUT2D eigenvalue weighted by Gasteiger charge is -2.24. The summed E-state index contributed by atoms with van der Waals surface area (Å²) >= 11 is 0. The largest absolute Gasteiger partial charge is 0.306 e. The first-order valence-electron chi connectivity index (χ1n) is 64.7. The minimum absolute atomic E-state index is 1.03. The van der Waals surface area contributed by atoms with Crippen molar-refractivity contribution in [2.75, 3.05) is 161 Å². The van der Waals surface area contributed by atoms with Crippen molar-refractivity contribution < 1.29 is 0 Å². The molecule has 8 heterocycles. The van der Waals surface area contributed by atoms with Crippen LogP contribution in [0.3, 0.4) is 0 Å². The summed E-state index contributed by atoms with van der Waals surface area (Å²) in [5.74, 6) is 14.6. The number of hydrogen-bond acceptors (Lipinski definition) is 8. The summed E-state index contributed by atoms with van der Waals surface area (Å²) in [7, 11) is 17.4. The van der Waals surface area contributed by atoms with Crippen molar-refractivity contribution in [3.63, 3.8) is 0 Å². The summed E-state index contributed by atoms with van der Waals surface area (Å²) < 4.78 is 0. The fourth-order valence-corrected chi connectivity index (χ4v) is 22.1. The van der Waals surface area contributed by atoms with Crippen LogP contribution in [0.4, 0.5) is 0 Å². The molecule has 0 atom stereocenters. The van der Waals surface area contributed by atoms with Crippen LogP contribution in [0.15, 0.2) is 0 Å². The van der Waals surface area contributed by atoms with Crippen molar-refractivity contribution in [2.45, 2.75) is 604 Å². The van der Waals surface area contributed by atoms with Gasteiger partial charge in [-0.15, -0.1) is 0 Å². The smallest absolute Gasteiger partial charge is 0.0107 e. The first-order chi connectivity index (χ1) is 67.2. The number of likely N-dealkylation sites (N-methyl/N-ethyl adjacent to an activating group) is 1. The zero-order valence-corrected chi connectivity index (χ0v) is 101. The second-order valence-electron chi connectivity index (χ2n) is 52.0. The van der Waals surface area contributed by atoms with Gasteiger partial charge in [0, 0.05) is 13.1 Å². The Labute approximate surface area is 881 Å². The van der Waals surface area contributed by atoms with Crippen molar-refractivity contribution in [1.29, 1.82) is 0 Å². The molecule has 0 spiro atoms. The molecule has 14 aliphatic carbocycles. The number of rotatable bonds is 0. The standard InChI is InChI=1S/C8H16.C7H15N.7C7H14.3C6H13N.3C6H12.2C5H11N.2C5H10.C4H9N.C4H8.C3H7N/c2*1-8-6-4-2-3-5-7-8;10*1-7-5-3-2-4-6-7;5*1-6-4-2-3-5-6;3*1-5-3-2-4-5;2*1-4-2-3-4/h8H,2-7H2,1H3;2-7H2,1H3;7*7H,2-6H2,1H3;3*2-6H2,1H3;3*6H,2-5H2,1H3;2*2-5H2,1H3;2*5H,2-4H2,1H3;2-4H2,1H3;4H,2-3H2,1H3;2-3H2,1H3. The molecule has 22 rings (SSSR count). The molecule has 0 aromatic heterocycles. The zero-order chi connectivity index (χ0) is 102. The quantitative estimate of drug-likeness (QED) is 0.175. The second kappa shape index (κ2) is 99.6. The van der Waals surface area contributed by atoms with Crippen molar-refractivity contribution >= 4 is 0 Å². The van der Waals surface area contributed by atoms with Crippen LogP contribution in [0.25, 0.3) is 0 Å². The Balaban J connectivity index is 0.000000729. The average molecular weight is 1960 g/mol. The van der Waals surface area contributed by atoms with Gasteiger partial charge in [0.05, 0.1) is 0 Å². The minimum atomic E-state index is 1.03. The van der Waals surface area contributed by atoms with Crippen LogP contribution in [0.5, 0.6) is 0 Å². The van der Waals surface area contributed by atoms with E-state index in [0.717, 1.165) is 82.9 Å². The van der Waals surface area contributed by atoms with Gasteiger partial charge >= 0.3 is 0 Å². The third-order valence-electron chi connectivity index (χ3n) is 35.0. The molecule has 8 saturated heterocycles. The van der Waals surface area contributed by atoms with E-state index in [1.807, 2.05) is 0 Å². The van der Waals surface area contributed by atoms with Crippen molar-refractivity contribution in [3.8, 4) is 0 Å². The maximum Gasteiger partial charge on any atom is 0.0107 e. The third-order valence-corrected chi connectivity index (χ3v) is 35.0. The Morgan fingerprint density at radius 2 is 0.151 bits per heavy atom. The van der Waals surface area contributed by atoms with Crippen LogP contribution < -0.4 is 0 Å². The van der Waals surface area contributed by atoms with E-state index >= 15 is 0 Å². The van der Waals surface area contributed by atoms with Gasteiger partial charge in [0.2, 0.25) is 0 Å². The maximum atomic E-state index is 2.42. The Morgan fingerprint density at radius 3 is 0.223 bits per heavy atom. The predicted molar refractivity (Wildman–Crippen MR) is 633 cm³/mol. The summed E-state index contributed by atoms with van der Waals surface area (Å²) in [6.45, 7) is 53.9. The second-order valence-corrected chi connectivity index (χ2v) is 52.0. The Hall–Kier alpha value is -0.320. The van der Waals surface area contributed by atoms with Gasteiger partial charge in [-0.05, 0) is 314 Å². The van der Waals surface area contributed by atoms with Crippen LogP contribution in [-0.4, -0.2) is 200 Å². The zero-order valence-electron chi connectivity index (χ0n) is 101. The van der Waals surface area contributed by atoms with Gasteiger partial charge in [0.1, 0.15) is 0 Å². The van der Waals surface area contributed by atoms with Gasteiger partial charge in [-0.3, -0.25) is 0 Å². The van der Waals surface area contributed by atoms with Crippen molar-refractivity contribution in [2.24, 2.45) is 82.9 Å². The number of nitrogens with zero attached hydrogens (tertiary/aromatic N) is 8. The van der Waals surface area contributed by atoms with Crippen molar-refractivity contribution in [3.05, 3.63) is 0 Å². The molecule has 0 aromatic rings. The van der Waals surface area contributed by atoms with Crippen molar-refractivity contribution in [1.82, 2.24) is 39.2 Å². The van der Waals surface area contributed by atoms with E-state index in [1.165, 1.54) is 612 Å². The van der Waals surface area contributed by atoms with E-state index < -0.39 is 0 Å². The van der Waals surface area contributed by atoms with E-state index in [2.05, 4.69) is 193 Å². The van der Waals surface area contributed by atoms with Crippen LogP contribution >= 0.6 is 0 Å². The van der Waals surface area contributed by atoms with E-state index in [1.54, 1.807) is 0 Å². The van der Waals surface area contributed by atoms with Crippen LogP contribution in [0.1, 0.15) is 604 Å². The van der Waals surface area contributed by atoms with Gasteiger partial charge in [-0.1, -0.05) is 521 Å². The SMILES string of the molecule is CC1CC1.CC1CCC1.CC1CCC1.CC1CCCC1.CC1CCCC1.CC1CCCC1.CC1CCCCC1.CC1CCCCC1.CC1CCCCC1.CC1CCCCC1.CC1CCCCC1.CC1CCCCC1.CC1CCCCC1.CC1CCCCCC1.CN1CC1.CN1CCC1.CN1CCCC1.CN1CCCC1.CN1CCCCC1.CN1CCCCC1.CN1CCCCC1.CN1CCCCCC1. The lowest BCUT2D eigenvalue weighted by atomic mass is 9.88. The highest BCUT2D eigenvalue weighted by Crippen LogP contribution is 2.32. The van der Waals surface area contributed by atoms with E-state index in [-0.39, 0.29) is 0 Å². The van der Waals surface area contributed by atoms with Crippen LogP contribution in [0, 0.1) is 82.9 Å². The van der Waals surface area contributed by atoms with Gasteiger partial charge in [-0.25, -0.2) is 0 Å². The average Bonchev–Trinajstić information content (AvgIpc) is 1.72. The molecule has 834 valence electrons. The van der Waals surface area contributed by atoms with E-state index in [4.69, 9.17) is 0 Å². The van der Waals surface area contributed by atoms with Gasteiger partial charge in [0.15, 0.2) is 0 Å². The number of piperidine rings is 3. The highest BCUT2D eigenvalue weighted by molar-refractivity contribution is 4.72. The molecule has 22 fully saturated rings. The topological polar surface area (TPSA) is 25.7 Å². The fraction of sp³-hybridized carbons (Fsp3) is 1.00. The Kier molecular flexibility index (Phi) is 98.0. The first-order valence-corrected chi connectivity index (χ1v) is 64.7. The highest BCUT2D eigenvalue weighted by Gasteiger charge is 2.18. The molecular weight excluding hydrogens is 1690 g/mol. The third kappa shape index (κ3) is 103. The monoisotopic (exact) mass is 1960 g/mol. The maximum absolute atomic E-state index is 2.42. The molecule has 0 radical (unpaired) electrons. The molecule has 0 bridgehead atoms. The molecule has 0 amide bonds. The number of likely N-dealkylation sites (tertiary alicyclic amines) is 7. The predicted octanol–water partition coefficient (Wildman–Crippen LogP) is 39.2. The molecule has 0 N–H and O–H groups in total. The first kappa shape index (κ1) is 137. The molecule has 8 heteroatoms. The summed E-state index contributed by atoms with van der Waals surface area (Å²) in [5.41, 5.74) is 0. The molecular formula is C131H270N8. The Bertz CT molecular complexity index is 1880. The summed E-state index contributed by atoms with van der Waals surface area (Å²) in [4.78, 5) is 18.9. The van der Waals surface area contributed by atoms with E-state index in [9.17, 15) is 0 Å². The van der Waals surface area contributed by atoms with E-state index in [0.29, 0.717) is 0 Å². The molecule has 0 aromatic carbocycles. The molecule has 22 aliphatic rings. The molecule has 0 unspecified atom stereocenters. The Morgan fingerprint density at radius 1 is 0.0791 bits per heavy atom. The minimum Gasteiger partial charge on any atom is -0.306 e. The molecule has 14 saturated carbocycles. The summed E-state index contributed by atoms with van der Waals surface area (Å²) in [5, 5.41) is 0. The summed E-state index contributed by atoms with van der Waals surface area (Å²) in [6, 6.07) is 0. The molecule has 8 aliphatic heterocycles. The van der Waals surface area contributed by atoms with Gasteiger partial charge in [-0.2, -0.15) is 0 Å². The molecule has 139 heavy (non-hydrogen) atoms. The van der Waals surface area contributed by atoms with Gasteiger partial charge in [0.25, 0.3) is 0 Å². The normalized spacial score (nSPS) is 25.4. The molecule has 8 nitrogen and oxygen atoms in total. The van der Waals surface area contributed by atoms with Crippen LogP contribution in [-0.2, 0) is 0 Å². The summed E-state index contributed by atoms with van der Waals surface area (Å²) in [6.07, 6.45) is 116. The lowest BCUT2D eigenvalue weighted by Crippen LogP contribution is -2.32.